The molecule has 0 fully saturated rings. The van der Waals surface area contributed by atoms with Crippen molar-refractivity contribution < 1.29 is 4.84 Å². The van der Waals surface area contributed by atoms with Crippen molar-refractivity contribution in [3.05, 3.63) is 35.4 Å². The van der Waals surface area contributed by atoms with E-state index in [1.807, 2.05) is 12.1 Å². The minimum atomic E-state index is 0.591. The minimum Gasteiger partial charge on any atom is -0.304 e. The van der Waals surface area contributed by atoms with Crippen LogP contribution in [-0.4, -0.2) is 12.4 Å². The summed E-state index contributed by atoms with van der Waals surface area (Å²) >= 11 is 0. The molecule has 1 aromatic carbocycles. The van der Waals surface area contributed by atoms with Crippen LogP contribution in [-0.2, 0) is 10.6 Å². The first-order valence-corrected chi connectivity index (χ1v) is 6.97. The molecule has 4 heteroatoms. The normalized spacial score (nSPS) is 9.87. The number of terminal acetylenes is 1. The molecule has 0 aliphatic carbocycles. The Morgan fingerprint density at radius 1 is 1.27 bits per heavy atom. The molecule has 2 N–H and O–H groups in total. The lowest BCUT2D eigenvalue weighted by Gasteiger charge is -2.01. The van der Waals surface area contributed by atoms with E-state index in [0.29, 0.717) is 6.61 Å². The summed E-state index contributed by atoms with van der Waals surface area (Å²) < 4.78 is 0. The van der Waals surface area contributed by atoms with E-state index >= 15 is 0 Å². The predicted octanol–water partition coefficient (Wildman–Crippen LogP) is 2.44. The van der Waals surface area contributed by atoms with Gasteiger partial charge in [0, 0.05) is 17.1 Å². The van der Waals surface area contributed by atoms with Crippen LogP contribution in [0.1, 0.15) is 11.1 Å². The van der Waals surface area contributed by atoms with Crippen molar-refractivity contribution >= 4 is 21.6 Å². The first-order valence-electron chi connectivity index (χ1n) is 4.48. The van der Waals surface area contributed by atoms with Crippen LogP contribution in [0.15, 0.2) is 24.3 Å². The molecule has 0 aliphatic heterocycles. The smallest absolute Gasteiger partial charge is 0.0778 e. The third-order valence-electron chi connectivity index (χ3n) is 1.71. The zero-order valence-corrected chi connectivity index (χ0v) is 9.94. The third kappa shape index (κ3) is 5.14. The van der Waals surface area contributed by atoms with E-state index in [1.165, 1.54) is 5.56 Å². The van der Waals surface area contributed by atoms with E-state index < -0.39 is 0 Å². The van der Waals surface area contributed by atoms with E-state index in [0.717, 1.165) is 17.1 Å². The van der Waals surface area contributed by atoms with Crippen LogP contribution >= 0.6 is 21.6 Å². The number of benzene rings is 1. The van der Waals surface area contributed by atoms with E-state index in [2.05, 4.69) is 22.9 Å². The molecule has 0 aliphatic rings. The molecule has 0 spiro atoms. The standard InChI is InChI=1S/C11H13NOS2/c1-2-10-3-5-11(6-4-10)9-15-14-8-7-13-12/h1,3-6H,7-9,12H2. The van der Waals surface area contributed by atoms with Gasteiger partial charge >= 0.3 is 0 Å². The van der Waals surface area contributed by atoms with Gasteiger partial charge in [-0.3, -0.25) is 0 Å². The van der Waals surface area contributed by atoms with Gasteiger partial charge in [0.2, 0.25) is 0 Å². The maximum absolute atomic E-state index is 5.27. The van der Waals surface area contributed by atoms with Gasteiger partial charge in [0.25, 0.3) is 0 Å². The molecule has 0 unspecified atom stereocenters. The topological polar surface area (TPSA) is 35.2 Å². The molecule has 0 saturated carbocycles. The first kappa shape index (κ1) is 12.5. The van der Waals surface area contributed by atoms with Gasteiger partial charge in [-0.05, 0) is 17.7 Å². The highest BCUT2D eigenvalue weighted by Gasteiger charge is 1.94. The fourth-order valence-corrected chi connectivity index (χ4v) is 2.86. The van der Waals surface area contributed by atoms with E-state index in [4.69, 9.17) is 12.3 Å². The third-order valence-corrected chi connectivity index (χ3v) is 4.02. The maximum Gasteiger partial charge on any atom is 0.0778 e. The van der Waals surface area contributed by atoms with Crippen LogP contribution in [0.3, 0.4) is 0 Å². The summed E-state index contributed by atoms with van der Waals surface area (Å²) in [6.45, 7) is 0.591. The maximum atomic E-state index is 5.27. The number of hydrogen-bond donors (Lipinski definition) is 1. The highest BCUT2D eigenvalue weighted by molar-refractivity contribution is 8.76. The molecule has 0 heterocycles. The fraction of sp³-hybridized carbons (Fsp3) is 0.273. The molecule has 0 radical (unpaired) electrons. The van der Waals surface area contributed by atoms with Crippen LogP contribution in [0.5, 0.6) is 0 Å². The number of nitrogens with two attached hydrogens (primary N) is 1. The van der Waals surface area contributed by atoms with Crippen molar-refractivity contribution in [2.75, 3.05) is 12.4 Å². The summed E-state index contributed by atoms with van der Waals surface area (Å²) in [7, 11) is 3.54. The molecule has 80 valence electrons. The second-order valence-electron chi connectivity index (χ2n) is 2.80. The Labute approximate surface area is 98.3 Å². The molecular formula is C11H13NOS2. The predicted molar refractivity (Wildman–Crippen MR) is 68.3 cm³/mol. The van der Waals surface area contributed by atoms with Gasteiger partial charge in [0.1, 0.15) is 0 Å². The van der Waals surface area contributed by atoms with Crippen LogP contribution in [0.4, 0.5) is 0 Å². The number of hydrogen-bond acceptors (Lipinski definition) is 4. The summed E-state index contributed by atoms with van der Waals surface area (Å²) in [5.74, 6) is 9.39. The number of rotatable bonds is 6. The second kappa shape index (κ2) is 7.66. The van der Waals surface area contributed by atoms with Crippen molar-refractivity contribution in [2.45, 2.75) is 5.75 Å². The summed E-state index contributed by atoms with van der Waals surface area (Å²) in [4.78, 5) is 4.47. The average molecular weight is 239 g/mol. The molecule has 1 rings (SSSR count). The van der Waals surface area contributed by atoms with Crippen molar-refractivity contribution in [3.8, 4) is 12.3 Å². The van der Waals surface area contributed by atoms with Crippen LogP contribution < -0.4 is 5.90 Å². The van der Waals surface area contributed by atoms with Crippen LogP contribution in [0.25, 0.3) is 0 Å². The molecule has 1 aromatic rings. The highest BCUT2D eigenvalue weighted by Crippen LogP contribution is 2.25. The van der Waals surface area contributed by atoms with Crippen molar-refractivity contribution in [3.63, 3.8) is 0 Å². The average Bonchev–Trinajstić information content (AvgIpc) is 2.30. The summed E-state index contributed by atoms with van der Waals surface area (Å²) in [5.41, 5.74) is 2.20. The van der Waals surface area contributed by atoms with Gasteiger partial charge in [-0.2, -0.15) is 0 Å². The molecule has 0 atom stereocenters. The largest absolute Gasteiger partial charge is 0.304 e. The van der Waals surface area contributed by atoms with Crippen molar-refractivity contribution in [2.24, 2.45) is 5.90 Å². The quantitative estimate of drug-likeness (QED) is 0.358. The van der Waals surface area contributed by atoms with Crippen LogP contribution in [0.2, 0.25) is 0 Å². The summed E-state index contributed by atoms with van der Waals surface area (Å²) in [6, 6.07) is 8.04. The lowest BCUT2D eigenvalue weighted by molar-refractivity contribution is 0.155. The Bertz CT molecular complexity index is 318. The zero-order valence-electron chi connectivity index (χ0n) is 8.31. The van der Waals surface area contributed by atoms with E-state index in [1.54, 1.807) is 21.6 Å². The van der Waals surface area contributed by atoms with Crippen LogP contribution in [0, 0.1) is 12.3 Å². The molecule has 0 bridgehead atoms. The van der Waals surface area contributed by atoms with Gasteiger partial charge in [-0.1, -0.05) is 39.6 Å². The van der Waals surface area contributed by atoms with Crippen molar-refractivity contribution in [1.82, 2.24) is 0 Å². The lowest BCUT2D eigenvalue weighted by Crippen LogP contribution is -2.01. The Kier molecular flexibility index (Phi) is 6.37. The van der Waals surface area contributed by atoms with Gasteiger partial charge in [0.15, 0.2) is 0 Å². The Balaban J connectivity index is 2.23. The Morgan fingerprint density at radius 2 is 2.00 bits per heavy atom. The fourth-order valence-electron chi connectivity index (χ4n) is 0.948. The zero-order chi connectivity index (χ0) is 10.9. The minimum absolute atomic E-state index is 0.591. The van der Waals surface area contributed by atoms with Crippen molar-refractivity contribution in [1.29, 1.82) is 0 Å². The summed E-state index contributed by atoms with van der Waals surface area (Å²) in [6.07, 6.45) is 5.27. The SMILES string of the molecule is C#Cc1ccc(CSSCCON)cc1. The van der Waals surface area contributed by atoms with Gasteiger partial charge < -0.3 is 4.84 Å². The van der Waals surface area contributed by atoms with Gasteiger partial charge in [-0.25, -0.2) is 5.90 Å². The molecule has 0 amide bonds. The van der Waals surface area contributed by atoms with Gasteiger partial charge in [0.05, 0.1) is 6.61 Å². The monoisotopic (exact) mass is 239 g/mol. The first-order chi connectivity index (χ1) is 7.36. The van der Waals surface area contributed by atoms with E-state index in [-0.39, 0.29) is 0 Å². The molecule has 2 nitrogen and oxygen atoms in total. The molecule has 15 heavy (non-hydrogen) atoms. The second-order valence-corrected chi connectivity index (χ2v) is 5.38. The highest BCUT2D eigenvalue weighted by atomic mass is 33.1. The van der Waals surface area contributed by atoms with E-state index in [9.17, 15) is 0 Å². The van der Waals surface area contributed by atoms with Gasteiger partial charge in [-0.15, -0.1) is 6.42 Å². The Hall–Kier alpha value is -0.600. The molecule has 0 saturated heterocycles. The Morgan fingerprint density at radius 3 is 2.60 bits per heavy atom. The summed E-state index contributed by atoms with van der Waals surface area (Å²) in [5, 5.41) is 0. The molecule has 0 aromatic heterocycles. The lowest BCUT2D eigenvalue weighted by atomic mass is 10.2. The molecular weight excluding hydrogens is 226 g/mol.